The highest BCUT2D eigenvalue weighted by Gasteiger charge is 2.16. The Morgan fingerprint density at radius 3 is 2.59 bits per heavy atom. The topological polar surface area (TPSA) is 89.0 Å². The third kappa shape index (κ3) is 4.62. The highest BCUT2D eigenvalue weighted by Crippen LogP contribution is 2.24. The van der Waals surface area contributed by atoms with Gasteiger partial charge in [0.25, 0.3) is 5.56 Å². The van der Waals surface area contributed by atoms with Crippen molar-refractivity contribution >= 4 is 22.9 Å². The van der Waals surface area contributed by atoms with Crippen LogP contribution in [0.1, 0.15) is 17.7 Å². The van der Waals surface area contributed by atoms with Crippen LogP contribution in [0.4, 0.5) is 10.1 Å². The SMILES string of the molecule is COc1ccc(NC(=O)CCc2c(C)[nH]n(-c3nc(-c4ccc(F)cc4)cs3)c2=O)cc1. The number of hydrogen-bond donors (Lipinski definition) is 2. The van der Waals surface area contributed by atoms with Crippen molar-refractivity contribution in [3.63, 3.8) is 0 Å². The van der Waals surface area contributed by atoms with E-state index < -0.39 is 0 Å². The summed E-state index contributed by atoms with van der Waals surface area (Å²) in [5, 5.41) is 8.14. The molecule has 0 bridgehead atoms. The maximum absolute atomic E-state index is 13.2. The number of nitrogens with zero attached hydrogens (tertiary/aromatic N) is 2. The third-order valence-corrected chi connectivity index (χ3v) is 5.82. The number of amides is 1. The molecule has 32 heavy (non-hydrogen) atoms. The van der Waals surface area contributed by atoms with Crippen LogP contribution in [0.5, 0.6) is 5.75 Å². The summed E-state index contributed by atoms with van der Waals surface area (Å²) in [6.07, 6.45) is 0.463. The van der Waals surface area contributed by atoms with E-state index >= 15 is 0 Å². The van der Waals surface area contributed by atoms with Crippen molar-refractivity contribution in [1.29, 1.82) is 0 Å². The van der Waals surface area contributed by atoms with Gasteiger partial charge in [0.15, 0.2) is 0 Å². The molecule has 9 heteroatoms. The van der Waals surface area contributed by atoms with Crippen LogP contribution in [0.3, 0.4) is 0 Å². The summed E-state index contributed by atoms with van der Waals surface area (Å²) < 4.78 is 19.6. The lowest BCUT2D eigenvalue weighted by atomic mass is 10.1. The number of hydrogen-bond acceptors (Lipinski definition) is 5. The molecule has 2 heterocycles. The maximum Gasteiger partial charge on any atom is 0.276 e. The van der Waals surface area contributed by atoms with Gasteiger partial charge in [0.1, 0.15) is 11.6 Å². The van der Waals surface area contributed by atoms with Gasteiger partial charge in [0.2, 0.25) is 11.0 Å². The second-order valence-electron chi connectivity index (χ2n) is 7.15. The van der Waals surface area contributed by atoms with Crippen LogP contribution in [-0.2, 0) is 11.2 Å². The number of nitrogens with one attached hydrogen (secondary N) is 2. The molecule has 0 saturated heterocycles. The molecule has 2 N–H and O–H groups in total. The molecule has 4 rings (SSSR count). The third-order valence-electron chi connectivity index (χ3n) is 4.99. The predicted molar refractivity (Wildman–Crippen MR) is 122 cm³/mol. The molecule has 4 aromatic rings. The molecule has 0 aliphatic rings. The fourth-order valence-electron chi connectivity index (χ4n) is 3.27. The van der Waals surface area contributed by atoms with Gasteiger partial charge in [-0.2, -0.15) is 4.68 Å². The molecule has 0 aliphatic carbocycles. The number of aromatic nitrogens is 3. The predicted octanol–water partition coefficient (Wildman–Crippen LogP) is 4.32. The molecule has 1 amide bonds. The summed E-state index contributed by atoms with van der Waals surface area (Å²) in [6.45, 7) is 1.79. The molecule has 0 unspecified atom stereocenters. The standard InChI is InChI=1S/C23H21FN4O3S/c1-14-19(11-12-21(29)25-17-7-9-18(31-2)10-8-17)22(30)28(27-14)23-26-20(13-32-23)15-3-5-16(24)6-4-15/h3-10,13,27H,11-12H2,1-2H3,(H,25,29). The van der Waals surface area contributed by atoms with E-state index in [4.69, 9.17) is 4.74 Å². The zero-order valence-corrected chi connectivity index (χ0v) is 18.3. The van der Waals surface area contributed by atoms with Crippen molar-refractivity contribution in [2.75, 3.05) is 12.4 Å². The Kier molecular flexibility index (Phi) is 6.18. The van der Waals surface area contributed by atoms with Gasteiger partial charge in [-0.1, -0.05) is 0 Å². The summed E-state index contributed by atoms with van der Waals surface area (Å²) in [7, 11) is 1.58. The zero-order chi connectivity index (χ0) is 22.7. The lowest BCUT2D eigenvalue weighted by molar-refractivity contribution is -0.116. The summed E-state index contributed by atoms with van der Waals surface area (Å²) >= 11 is 1.30. The molecule has 0 radical (unpaired) electrons. The number of rotatable bonds is 7. The number of thiazole rings is 1. The number of methoxy groups -OCH3 is 1. The van der Waals surface area contributed by atoms with E-state index in [0.717, 1.165) is 5.56 Å². The zero-order valence-electron chi connectivity index (χ0n) is 17.5. The first-order chi connectivity index (χ1) is 15.4. The Hall–Kier alpha value is -3.72. The molecule has 0 fully saturated rings. The number of carbonyl (C=O) groups is 1. The van der Waals surface area contributed by atoms with Crippen LogP contribution in [0.2, 0.25) is 0 Å². The number of anilines is 1. The second kappa shape index (κ2) is 9.19. The van der Waals surface area contributed by atoms with Crippen molar-refractivity contribution in [1.82, 2.24) is 14.8 Å². The number of carbonyl (C=O) groups excluding carboxylic acids is 1. The molecule has 7 nitrogen and oxygen atoms in total. The van der Waals surface area contributed by atoms with Gasteiger partial charge >= 0.3 is 0 Å². The lowest BCUT2D eigenvalue weighted by Gasteiger charge is -2.06. The molecule has 2 aromatic carbocycles. The van der Waals surface area contributed by atoms with Crippen LogP contribution < -0.4 is 15.6 Å². The Bertz CT molecular complexity index is 1290. The molecule has 0 saturated carbocycles. The average Bonchev–Trinajstić information content (AvgIpc) is 3.38. The van der Waals surface area contributed by atoms with Gasteiger partial charge in [-0.05, 0) is 61.9 Å². The number of aryl methyl sites for hydroxylation is 1. The summed E-state index contributed by atoms with van der Waals surface area (Å²) in [5.41, 5.74) is 3.07. The Balaban J connectivity index is 1.45. The lowest BCUT2D eigenvalue weighted by Crippen LogP contribution is -2.19. The summed E-state index contributed by atoms with van der Waals surface area (Å²) in [6, 6.07) is 13.1. The number of aromatic amines is 1. The van der Waals surface area contributed by atoms with Crippen LogP contribution >= 0.6 is 11.3 Å². The van der Waals surface area contributed by atoms with Gasteiger partial charge < -0.3 is 10.1 Å². The monoisotopic (exact) mass is 452 g/mol. The molecule has 0 spiro atoms. The quantitative estimate of drug-likeness (QED) is 0.437. The van der Waals surface area contributed by atoms with E-state index in [-0.39, 0.29) is 23.7 Å². The van der Waals surface area contributed by atoms with E-state index in [1.54, 1.807) is 50.4 Å². The minimum absolute atomic E-state index is 0.165. The number of halogens is 1. The van der Waals surface area contributed by atoms with E-state index in [1.165, 1.54) is 28.2 Å². The normalized spacial score (nSPS) is 10.8. The first-order valence-electron chi connectivity index (χ1n) is 9.91. The number of H-pyrrole nitrogens is 1. The van der Waals surface area contributed by atoms with Crippen molar-refractivity contribution in [3.8, 4) is 22.1 Å². The molecular weight excluding hydrogens is 431 g/mol. The van der Waals surface area contributed by atoms with Gasteiger partial charge in [0, 0.05) is 34.3 Å². The molecular formula is C23H21FN4O3S. The molecule has 164 valence electrons. The number of ether oxygens (including phenoxy) is 1. The molecule has 2 aromatic heterocycles. The first-order valence-corrected chi connectivity index (χ1v) is 10.8. The fraction of sp³-hybridized carbons (Fsp3) is 0.174. The smallest absolute Gasteiger partial charge is 0.276 e. The van der Waals surface area contributed by atoms with E-state index in [9.17, 15) is 14.0 Å². The average molecular weight is 453 g/mol. The van der Waals surface area contributed by atoms with Crippen molar-refractivity contribution in [2.45, 2.75) is 19.8 Å². The van der Waals surface area contributed by atoms with Gasteiger partial charge in [-0.15, -0.1) is 11.3 Å². The highest BCUT2D eigenvalue weighted by molar-refractivity contribution is 7.12. The van der Waals surface area contributed by atoms with Gasteiger partial charge in [0.05, 0.1) is 12.8 Å². The Morgan fingerprint density at radius 1 is 1.19 bits per heavy atom. The Morgan fingerprint density at radius 2 is 1.91 bits per heavy atom. The van der Waals surface area contributed by atoms with Crippen LogP contribution in [0.15, 0.2) is 58.7 Å². The molecule has 0 atom stereocenters. The maximum atomic E-state index is 13.2. The van der Waals surface area contributed by atoms with Crippen molar-refractivity contribution in [2.24, 2.45) is 0 Å². The minimum atomic E-state index is -0.318. The van der Waals surface area contributed by atoms with Gasteiger partial charge in [-0.3, -0.25) is 14.7 Å². The minimum Gasteiger partial charge on any atom is -0.497 e. The number of benzene rings is 2. The first kappa shape index (κ1) is 21.5. The van der Waals surface area contributed by atoms with E-state index in [1.807, 2.05) is 5.38 Å². The highest BCUT2D eigenvalue weighted by atomic mass is 32.1. The van der Waals surface area contributed by atoms with Gasteiger partial charge in [-0.25, -0.2) is 9.37 Å². The summed E-state index contributed by atoms with van der Waals surface area (Å²) in [4.78, 5) is 29.7. The van der Waals surface area contributed by atoms with E-state index in [0.29, 0.717) is 39.9 Å². The van der Waals surface area contributed by atoms with Crippen LogP contribution in [-0.4, -0.2) is 27.8 Å². The van der Waals surface area contributed by atoms with E-state index in [2.05, 4.69) is 15.4 Å². The largest absolute Gasteiger partial charge is 0.497 e. The summed E-state index contributed by atoms with van der Waals surface area (Å²) in [5.74, 6) is 0.201. The van der Waals surface area contributed by atoms with Crippen LogP contribution in [0.25, 0.3) is 16.4 Å². The van der Waals surface area contributed by atoms with Crippen molar-refractivity contribution in [3.05, 3.63) is 81.3 Å². The molecule has 0 aliphatic heterocycles. The Labute approximate surface area is 187 Å². The fourth-order valence-corrected chi connectivity index (χ4v) is 4.06. The second-order valence-corrected chi connectivity index (χ2v) is 7.99. The van der Waals surface area contributed by atoms with Crippen LogP contribution in [0, 0.1) is 12.7 Å². The van der Waals surface area contributed by atoms with Crippen molar-refractivity contribution < 1.29 is 13.9 Å².